The van der Waals surface area contributed by atoms with E-state index < -0.39 is 0 Å². The van der Waals surface area contributed by atoms with Crippen LogP contribution in [0.3, 0.4) is 0 Å². The monoisotopic (exact) mass is 213 g/mol. The molecule has 0 amide bonds. The fraction of sp³-hybridized carbons (Fsp3) is 0.625. The second kappa shape index (κ2) is 3.57. The fourth-order valence-electron chi connectivity index (χ4n) is 1.47. The van der Waals surface area contributed by atoms with E-state index in [-0.39, 0.29) is 11.2 Å². The van der Waals surface area contributed by atoms with E-state index in [0.29, 0.717) is 12.0 Å². The number of nitrogen functional groups attached to an aromatic ring is 1. The van der Waals surface area contributed by atoms with Crippen LogP contribution in [0, 0.1) is 5.92 Å². The van der Waals surface area contributed by atoms with Crippen molar-refractivity contribution in [2.75, 3.05) is 11.1 Å². The van der Waals surface area contributed by atoms with Gasteiger partial charge in [-0.2, -0.15) is 15.0 Å². The van der Waals surface area contributed by atoms with Gasteiger partial charge in [-0.1, -0.05) is 13.3 Å². The third-order valence-electron chi connectivity index (χ3n) is 2.39. The zero-order chi connectivity index (χ0) is 10.1. The molecule has 6 heteroatoms. The van der Waals surface area contributed by atoms with Crippen LogP contribution in [0.1, 0.15) is 19.8 Å². The van der Waals surface area contributed by atoms with E-state index in [1.807, 2.05) is 0 Å². The molecule has 76 valence electrons. The molecule has 0 radical (unpaired) electrons. The Balaban J connectivity index is 2.03. The van der Waals surface area contributed by atoms with Gasteiger partial charge in [0.05, 0.1) is 0 Å². The molecule has 1 fully saturated rings. The highest BCUT2D eigenvalue weighted by molar-refractivity contribution is 6.28. The van der Waals surface area contributed by atoms with Gasteiger partial charge in [0.2, 0.25) is 17.2 Å². The van der Waals surface area contributed by atoms with Crippen LogP contribution in [0.15, 0.2) is 0 Å². The van der Waals surface area contributed by atoms with Crippen molar-refractivity contribution in [2.24, 2.45) is 5.92 Å². The molecule has 0 aliphatic heterocycles. The van der Waals surface area contributed by atoms with Crippen molar-refractivity contribution in [3.63, 3.8) is 0 Å². The van der Waals surface area contributed by atoms with E-state index >= 15 is 0 Å². The lowest BCUT2D eigenvalue weighted by Gasteiger charge is -2.03. The van der Waals surface area contributed by atoms with Crippen LogP contribution < -0.4 is 11.1 Å². The number of rotatable bonds is 3. The van der Waals surface area contributed by atoms with Crippen LogP contribution in [0.2, 0.25) is 5.28 Å². The number of hydrogen-bond donors (Lipinski definition) is 2. The molecule has 1 aromatic rings. The van der Waals surface area contributed by atoms with E-state index in [2.05, 4.69) is 27.2 Å². The molecule has 3 N–H and O–H groups in total. The van der Waals surface area contributed by atoms with Crippen LogP contribution in [0.4, 0.5) is 11.9 Å². The summed E-state index contributed by atoms with van der Waals surface area (Å²) < 4.78 is 0. The summed E-state index contributed by atoms with van der Waals surface area (Å²) in [6.45, 7) is 2.17. The van der Waals surface area contributed by atoms with E-state index in [4.69, 9.17) is 17.3 Å². The third-order valence-corrected chi connectivity index (χ3v) is 2.56. The van der Waals surface area contributed by atoms with Crippen molar-refractivity contribution in [1.82, 2.24) is 15.0 Å². The lowest BCUT2D eigenvalue weighted by Crippen LogP contribution is -2.10. The van der Waals surface area contributed by atoms with Gasteiger partial charge in [0.15, 0.2) is 0 Å². The highest BCUT2D eigenvalue weighted by Crippen LogP contribution is 2.35. The smallest absolute Gasteiger partial charge is 0.229 e. The summed E-state index contributed by atoms with van der Waals surface area (Å²) in [5.41, 5.74) is 5.44. The topological polar surface area (TPSA) is 76.7 Å². The minimum absolute atomic E-state index is 0.133. The van der Waals surface area contributed by atoms with Gasteiger partial charge in [-0.05, 0) is 23.9 Å². The van der Waals surface area contributed by atoms with Gasteiger partial charge in [-0.3, -0.25) is 0 Å². The Bertz CT molecular complexity index is 322. The summed E-state index contributed by atoms with van der Waals surface area (Å²) in [6, 6.07) is 0.470. The first-order chi connectivity index (χ1) is 6.69. The quantitative estimate of drug-likeness (QED) is 0.792. The maximum absolute atomic E-state index is 5.64. The normalized spacial score (nSPS) is 24.7. The Hall–Kier alpha value is -1.10. The molecule has 1 aromatic heterocycles. The largest absolute Gasteiger partial charge is 0.368 e. The van der Waals surface area contributed by atoms with Crippen molar-refractivity contribution in [3.8, 4) is 0 Å². The Morgan fingerprint density at radius 1 is 1.50 bits per heavy atom. The fourth-order valence-corrected chi connectivity index (χ4v) is 1.64. The zero-order valence-corrected chi connectivity index (χ0v) is 8.62. The number of anilines is 2. The summed E-state index contributed by atoms with van der Waals surface area (Å²) in [6.07, 6.45) is 2.34. The molecule has 0 saturated heterocycles. The average molecular weight is 214 g/mol. The molecule has 1 aliphatic carbocycles. The first-order valence-electron chi connectivity index (χ1n) is 4.62. The summed E-state index contributed by atoms with van der Waals surface area (Å²) in [5, 5.41) is 3.30. The summed E-state index contributed by atoms with van der Waals surface area (Å²) in [4.78, 5) is 11.6. The van der Waals surface area contributed by atoms with Gasteiger partial charge in [-0.25, -0.2) is 0 Å². The van der Waals surface area contributed by atoms with Crippen molar-refractivity contribution in [2.45, 2.75) is 25.8 Å². The molecule has 2 rings (SSSR count). The third kappa shape index (κ3) is 2.04. The van der Waals surface area contributed by atoms with E-state index in [1.165, 1.54) is 12.8 Å². The summed E-state index contributed by atoms with van der Waals surface area (Å²) in [5.74, 6) is 1.36. The second-order valence-corrected chi connectivity index (χ2v) is 3.78. The number of nitrogens with zero attached hydrogens (tertiary/aromatic N) is 3. The maximum Gasteiger partial charge on any atom is 0.229 e. The van der Waals surface area contributed by atoms with Crippen molar-refractivity contribution >= 4 is 23.5 Å². The maximum atomic E-state index is 5.64. The van der Waals surface area contributed by atoms with Crippen LogP contribution in [0.5, 0.6) is 0 Å². The van der Waals surface area contributed by atoms with Gasteiger partial charge >= 0.3 is 0 Å². The first-order valence-corrected chi connectivity index (χ1v) is 5.00. The molecule has 0 aromatic carbocycles. The lowest BCUT2D eigenvalue weighted by molar-refractivity contribution is 0.771. The molecule has 1 aliphatic rings. The molecule has 0 bridgehead atoms. The first kappa shape index (κ1) is 9.45. The average Bonchev–Trinajstić information content (AvgIpc) is 2.81. The highest BCUT2D eigenvalue weighted by atomic mass is 35.5. The van der Waals surface area contributed by atoms with Gasteiger partial charge in [-0.15, -0.1) is 0 Å². The van der Waals surface area contributed by atoms with Crippen LogP contribution in [-0.4, -0.2) is 21.0 Å². The van der Waals surface area contributed by atoms with E-state index in [9.17, 15) is 0 Å². The number of halogens is 1. The predicted octanol–water partition coefficient (Wildman–Crippen LogP) is 1.32. The number of nitrogens with two attached hydrogens (primary N) is 1. The molecular formula is C8H12ClN5. The molecule has 1 saturated carbocycles. The molecule has 1 heterocycles. The lowest BCUT2D eigenvalue weighted by atomic mass is 10.3. The van der Waals surface area contributed by atoms with Gasteiger partial charge in [0, 0.05) is 6.04 Å². The number of aromatic nitrogens is 3. The van der Waals surface area contributed by atoms with Gasteiger partial charge < -0.3 is 11.1 Å². The molecule has 2 atom stereocenters. The molecule has 0 spiro atoms. The molecule has 2 unspecified atom stereocenters. The standard InChI is InChI=1S/C8H12ClN5/c1-2-4-3-5(4)11-8-13-6(9)12-7(10)14-8/h4-5H,2-3H2,1H3,(H3,10,11,12,13,14). The predicted molar refractivity (Wildman–Crippen MR) is 55.1 cm³/mol. The highest BCUT2D eigenvalue weighted by Gasteiger charge is 2.35. The van der Waals surface area contributed by atoms with Crippen molar-refractivity contribution in [1.29, 1.82) is 0 Å². The summed E-state index contributed by atoms with van der Waals surface area (Å²) in [7, 11) is 0. The van der Waals surface area contributed by atoms with E-state index in [1.54, 1.807) is 0 Å². The van der Waals surface area contributed by atoms with Gasteiger partial charge in [0.25, 0.3) is 0 Å². The minimum Gasteiger partial charge on any atom is -0.368 e. The Kier molecular flexibility index (Phi) is 2.41. The molecular weight excluding hydrogens is 202 g/mol. The van der Waals surface area contributed by atoms with Crippen molar-refractivity contribution < 1.29 is 0 Å². The Morgan fingerprint density at radius 3 is 2.86 bits per heavy atom. The van der Waals surface area contributed by atoms with Crippen LogP contribution >= 0.6 is 11.6 Å². The zero-order valence-electron chi connectivity index (χ0n) is 7.87. The van der Waals surface area contributed by atoms with Crippen molar-refractivity contribution in [3.05, 3.63) is 5.28 Å². The Labute approximate surface area is 87.1 Å². The van der Waals surface area contributed by atoms with Crippen LogP contribution in [0.25, 0.3) is 0 Å². The van der Waals surface area contributed by atoms with Crippen LogP contribution in [-0.2, 0) is 0 Å². The number of hydrogen-bond acceptors (Lipinski definition) is 5. The minimum atomic E-state index is 0.133. The Morgan fingerprint density at radius 2 is 2.29 bits per heavy atom. The SMILES string of the molecule is CCC1CC1Nc1nc(N)nc(Cl)n1. The molecule has 14 heavy (non-hydrogen) atoms. The van der Waals surface area contributed by atoms with Gasteiger partial charge in [0.1, 0.15) is 0 Å². The van der Waals surface area contributed by atoms with E-state index in [0.717, 1.165) is 5.92 Å². The molecule has 5 nitrogen and oxygen atoms in total. The summed E-state index contributed by atoms with van der Waals surface area (Å²) >= 11 is 5.64. The second-order valence-electron chi connectivity index (χ2n) is 3.44. The number of nitrogens with one attached hydrogen (secondary N) is 1.